The highest BCUT2D eigenvalue weighted by molar-refractivity contribution is 5.79. The van der Waals surface area contributed by atoms with Crippen LogP contribution < -0.4 is 15.4 Å². The van der Waals surface area contributed by atoms with E-state index in [-0.39, 0.29) is 24.2 Å². The van der Waals surface area contributed by atoms with Gasteiger partial charge in [0.25, 0.3) is 0 Å². The molecule has 3 N–H and O–H groups in total. The average molecular weight is 446 g/mol. The Kier molecular flexibility index (Phi) is 6.83. The number of hydrogen-bond donors (Lipinski definition) is 3. The number of carbonyl (C=O) groups excluding carboxylic acids is 1. The molecule has 1 amide bonds. The third kappa shape index (κ3) is 5.51. The van der Waals surface area contributed by atoms with Gasteiger partial charge in [0.2, 0.25) is 11.9 Å². The molecule has 1 fully saturated rings. The van der Waals surface area contributed by atoms with E-state index in [0.717, 1.165) is 17.7 Å². The maximum absolute atomic E-state index is 12.9. The van der Waals surface area contributed by atoms with Crippen LogP contribution in [-0.4, -0.2) is 40.2 Å². The first-order valence-electron chi connectivity index (χ1n) is 11.0. The van der Waals surface area contributed by atoms with Crippen LogP contribution in [0.25, 0.3) is 0 Å². The first kappa shape index (κ1) is 22.4. The molecule has 172 valence electrons. The van der Waals surface area contributed by atoms with Crippen molar-refractivity contribution in [1.82, 2.24) is 15.3 Å². The van der Waals surface area contributed by atoms with E-state index < -0.39 is 12.7 Å². The number of anilines is 1. The highest BCUT2D eigenvalue weighted by atomic mass is 19.3. The molecule has 32 heavy (non-hydrogen) atoms. The smallest absolute Gasteiger partial charge is 0.387 e. The first-order valence-corrected chi connectivity index (χ1v) is 11.0. The second-order valence-electron chi connectivity index (χ2n) is 8.57. The van der Waals surface area contributed by atoms with Gasteiger partial charge in [0.1, 0.15) is 5.75 Å². The number of aliphatic hydroxyl groups excluding tert-OH is 1. The highest BCUT2D eigenvalue weighted by Crippen LogP contribution is 2.34. The molecule has 9 heteroatoms. The molecule has 1 aromatic heterocycles. The standard InChI is InChI=1S/C23H28F2N4O3/c1-13(14-2-3-14)27-23-26-11-17-5-4-16(10-19(17)29-23)21(31)28-20(12-30)15-6-8-18(9-7-15)32-22(24)25/h6-9,11,13-14,16,20,22,30H,2-5,10,12H2,1H3,(H,28,31)(H,26,27,29)/t13-,16+,20-/m1/s1. The van der Waals surface area contributed by atoms with Crippen molar-refractivity contribution in [2.75, 3.05) is 11.9 Å². The van der Waals surface area contributed by atoms with Crippen LogP contribution >= 0.6 is 0 Å². The Morgan fingerprint density at radius 1 is 1.25 bits per heavy atom. The lowest BCUT2D eigenvalue weighted by molar-refractivity contribution is -0.126. The van der Waals surface area contributed by atoms with E-state index in [1.807, 2.05) is 6.20 Å². The van der Waals surface area contributed by atoms with Gasteiger partial charge in [-0.15, -0.1) is 0 Å². The Bertz CT molecular complexity index is 937. The predicted octanol–water partition coefficient (Wildman–Crippen LogP) is 3.24. The summed E-state index contributed by atoms with van der Waals surface area (Å²) in [6.07, 6.45) is 6.21. The van der Waals surface area contributed by atoms with Gasteiger partial charge in [0, 0.05) is 30.3 Å². The van der Waals surface area contributed by atoms with E-state index in [4.69, 9.17) is 0 Å². The van der Waals surface area contributed by atoms with Crippen molar-refractivity contribution >= 4 is 11.9 Å². The molecule has 1 heterocycles. The average Bonchev–Trinajstić information content (AvgIpc) is 3.63. The quantitative estimate of drug-likeness (QED) is 0.547. The van der Waals surface area contributed by atoms with Crippen LogP contribution in [-0.2, 0) is 17.6 Å². The van der Waals surface area contributed by atoms with Crippen LogP contribution in [0.5, 0.6) is 5.75 Å². The number of aliphatic hydroxyl groups is 1. The zero-order valence-electron chi connectivity index (χ0n) is 17.9. The van der Waals surface area contributed by atoms with Crippen LogP contribution in [0.15, 0.2) is 30.5 Å². The lowest BCUT2D eigenvalue weighted by Crippen LogP contribution is -2.38. The summed E-state index contributed by atoms with van der Waals surface area (Å²) in [7, 11) is 0. The highest BCUT2D eigenvalue weighted by Gasteiger charge is 2.30. The molecule has 0 spiro atoms. The van der Waals surface area contributed by atoms with Gasteiger partial charge < -0.3 is 20.5 Å². The molecule has 3 atom stereocenters. The fourth-order valence-corrected chi connectivity index (χ4v) is 4.11. The number of aryl methyl sites for hydroxylation is 1. The van der Waals surface area contributed by atoms with E-state index in [9.17, 15) is 18.7 Å². The van der Waals surface area contributed by atoms with Gasteiger partial charge in [0.05, 0.1) is 12.6 Å². The Morgan fingerprint density at radius 3 is 2.66 bits per heavy atom. The van der Waals surface area contributed by atoms with Gasteiger partial charge in [-0.1, -0.05) is 12.1 Å². The molecule has 0 unspecified atom stereocenters. The summed E-state index contributed by atoms with van der Waals surface area (Å²) < 4.78 is 29.0. The minimum absolute atomic E-state index is 0.0238. The molecule has 2 aliphatic rings. The van der Waals surface area contributed by atoms with Crippen molar-refractivity contribution in [3.8, 4) is 5.75 Å². The molecule has 0 bridgehead atoms. The predicted molar refractivity (Wildman–Crippen MR) is 114 cm³/mol. The summed E-state index contributed by atoms with van der Waals surface area (Å²) in [5.41, 5.74) is 2.56. The molecule has 0 radical (unpaired) electrons. The number of benzene rings is 1. The number of amides is 1. The lowest BCUT2D eigenvalue weighted by Gasteiger charge is -2.26. The van der Waals surface area contributed by atoms with Crippen LogP contribution in [0, 0.1) is 11.8 Å². The van der Waals surface area contributed by atoms with Crippen molar-refractivity contribution in [2.45, 2.75) is 57.7 Å². The number of alkyl halides is 2. The number of ether oxygens (including phenoxy) is 1. The van der Waals surface area contributed by atoms with E-state index >= 15 is 0 Å². The Labute approximate surface area is 185 Å². The summed E-state index contributed by atoms with van der Waals surface area (Å²) in [4.78, 5) is 22.0. The topological polar surface area (TPSA) is 96.4 Å². The third-order valence-corrected chi connectivity index (χ3v) is 6.22. The fraction of sp³-hybridized carbons (Fsp3) is 0.522. The summed E-state index contributed by atoms with van der Waals surface area (Å²) in [6, 6.07) is 5.59. The molecule has 1 aromatic carbocycles. The van der Waals surface area contributed by atoms with Crippen LogP contribution in [0.2, 0.25) is 0 Å². The fourth-order valence-electron chi connectivity index (χ4n) is 4.11. The van der Waals surface area contributed by atoms with Crippen molar-refractivity contribution in [2.24, 2.45) is 11.8 Å². The van der Waals surface area contributed by atoms with Gasteiger partial charge in [-0.3, -0.25) is 4.79 Å². The van der Waals surface area contributed by atoms with Gasteiger partial charge in [0.15, 0.2) is 0 Å². The van der Waals surface area contributed by atoms with Crippen molar-refractivity contribution in [3.05, 3.63) is 47.3 Å². The second kappa shape index (κ2) is 9.77. The van der Waals surface area contributed by atoms with Crippen LogP contribution in [0.4, 0.5) is 14.7 Å². The number of rotatable bonds is 9. The summed E-state index contributed by atoms with van der Waals surface area (Å²) >= 11 is 0. The molecule has 7 nitrogen and oxygen atoms in total. The molecular formula is C23H28F2N4O3. The van der Waals surface area contributed by atoms with E-state index in [1.165, 1.54) is 25.0 Å². The van der Waals surface area contributed by atoms with Crippen LogP contribution in [0.3, 0.4) is 0 Å². The van der Waals surface area contributed by atoms with Gasteiger partial charge in [-0.05, 0) is 61.8 Å². The Balaban J connectivity index is 1.38. The normalized spacial score (nSPS) is 19.7. The first-order chi connectivity index (χ1) is 15.4. The van der Waals surface area contributed by atoms with E-state index in [2.05, 4.69) is 32.3 Å². The van der Waals surface area contributed by atoms with Crippen LogP contribution in [0.1, 0.15) is 49.0 Å². The number of halogens is 2. The molecule has 4 rings (SSSR count). The summed E-state index contributed by atoms with van der Waals surface area (Å²) in [5.74, 6) is 0.877. The number of hydrogen-bond acceptors (Lipinski definition) is 6. The van der Waals surface area contributed by atoms with Crippen molar-refractivity contribution in [3.63, 3.8) is 0 Å². The van der Waals surface area contributed by atoms with Gasteiger partial charge in [-0.2, -0.15) is 8.78 Å². The second-order valence-corrected chi connectivity index (χ2v) is 8.57. The number of nitrogens with zero attached hydrogens (tertiary/aromatic N) is 2. The zero-order valence-corrected chi connectivity index (χ0v) is 17.9. The van der Waals surface area contributed by atoms with Crippen molar-refractivity contribution < 1.29 is 23.4 Å². The van der Waals surface area contributed by atoms with Gasteiger partial charge in [-0.25, -0.2) is 9.97 Å². The summed E-state index contributed by atoms with van der Waals surface area (Å²) in [6.45, 7) is -1.07. The SMILES string of the molecule is C[C@@H](Nc1ncc2c(n1)C[C@@H](C(=O)N[C@H](CO)c1ccc(OC(F)F)cc1)CC2)C1CC1. The van der Waals surface area contributed by atoms with Gasteiger partial charge >= 0.3 is 6.61 Å². The van der Waals surface area contributed by atoms with E-state index in [0.29, 0.717) is 36.3 Å². The maximum atomic E-state index is 12.9. The molecule has 2 aromatic rings. The zero-order chi connectivity index (χ0) is 22.7. The Morgan fingerprint density at radius 2 is 2.00 bits per heavy atom. The molecule has 0 saturated heterocycles. The maximum Gasteiger partial charge on any atom is 0.387 e. The minimum atomic E-state index is -2.90. The van der Waals surface area contributed by atoms with Crippen molar-refractivity contribution in [1.29, 1.82) is 0 Å². The largest absolute Gasteiger partial charge is 0.435 e. The number of fused-ring (bicyclic) bond motifs is 1. The molecule has 2 aliphatic carbocycles. The summed E-state index contributed by atoms with van der Waals surface area (Å²) in [5, 5.41) is 16.0. The number of nitrogens with one attached hydrogen (secondary N) is 2. The monoisotopic (exact) mass is 446 g/mol. The number of carbonyl (C=O) groups is 1. The minimum Gasteiger partial charge on any atom is -0.435 e. The Hall–Kier alpha value is -2.81. The third-order valence-electron chi connectivity index (χ3n) is 6.22. The molecule has 1 saturated carbocycles. The lowest BCUT2D eigenvalue weighted by atomic mass is 9.86. The molecular weight excluding hydrogens is 418 g/mol. The van der Waals surface area contributed by atoms with E-state index in [1.54, 1.807) is 12.1 Å². The number of aromatic nitrogens is 2. The molecule has 0 aliphatic heterocycles.